The van der Waals surface area contributed by atoms with Crippen LogP contribution in [0.15, 0.2) is 40.9 Å². The second kappa shape index (κ2) is 5.15. The minimum absolute atomic E-state index is 1.13. The lowest BCUT2D eigenvalue weighted by molar-refractivity contribution is 0.998. The fourth-order valence-electron chi connectivity index (χ4n) is 1.11. The van der Waals surface area contributed by atoms with E-state index < -0.39 is 0 Å². The van der Waals surface area contributed by atoms with E-state index in [9.17, 15) is 0 Å². The quantitative estimate of drug-likeness (QED) is 0.683. The van der Waals surface area contributed by atoms with Crippen LogP contribution in [-0.2, 0) is 6.42 Å². The molecule has 0 aliphatic heterocycles. The maximum atomic E-state index is 3.45. The number of hydrogen-bond acceptors (Lipinski definition) is 0. The molecule has 0 fully saturated rings. The molecule has 0 saturated heterocycles. The molecule has 0 nitrogen and oxygen atoms in total. The monoisotopic (exact) mass is 224 g/mol. The maximum absolute atomic E-state index is 3.45. The van der Waals surface area contributed by atoms with Crippen LogP contribution in [-0.4, -0.2) is 0 Å². The van der Waals surface area contributed by atoms with E-state index >= 15 is 0 Å². The molecule has 0 aromatic heterocycles. The predicted molar refractivity (Wildman–Crippen MR) is 57.3 cm³/mol. The van der Waals surface area contributed by atoms with Crippen LogP contribution in [0.2, 0.25) is 0 Å². The first-order valence-corrected chi connectivity index (χ1v) is 4.98. The molecule has 0 unspecified atom stereocenters. The molecule has 0 aliphatic carbocycles. The molecule has 64 valence electrons. The Kier molecular flexibility index (Phi) is 4.09. The van der Waals surface area contributed by atoms with E-state index in [2.05, 4.69) is 59.3 Å². The third-order valence-electron chi connectivity index (χ3n) is 1.72. The first-order chi connectivity index (χ1) is 5.83. The van der Waals surface area contributed by atoms with Gasteiger partial charge in [-0.25, -0.2) is 0 Å². The van der Waals surface area contributed by atoms with Gasteiger partial charge in [-0.3, -0.25) is 0 Å². The van der Waals surface area contributed by atoms with Gasteiger partial charge in [0.25, 0.3) is 0 Å². The minimum atomic E-state index is 1.13. The highest BCUT2D eigenvalue weighted by atomic mass is 79.9. The van der Waals surface area contributed by atoms with Crippen molar-refractivity contribution >= 4 is 15.9 Å². The van der Waals surface area contributed by atoms with Crippen LogP contribution >= 0.6 is 15.9 Å². The third-order valence-corrected chi connectivity index (χ3v) is 2.22. The van der Waals surface area contributed by atoms with E-state index in [0.29, 0.717) is 0 Å². The summed E-state index contributed by atoms with van der Waals surface area (Å²) in [5, 5.41) is 0. The highest BCUT2D eigenvalue weighted by Crippen LogP contribution is 2.12. The fourth-order valence-corrected chi connectivity index (χ4v) is 1.56. The van der Waals surface area contributed by atoms with E-state index in [4.69, 9.17) is 0 Å². The number of benzene rings is 1. The average Bonchev–Trinajstić information content (AvgIpc) is 2.05. The van der Waals surface area contributed by atoms with Gasteiger partial charge in [0.2, 0.25) is 0 Å². The summed E-state index contributed by atoms with van der Waals surface area (Å²) in [7, 11) is 0. The van der Waals surface area contributed by atoms with Gasteiger partial charge in [-0.15, -0.1) is 0 Å². The van der Waals surface area contributed by atoms with Gasteiger partial charge in [0, 0.05) is 4.47 Å². The molecule has 0 aliphatic rings. The lowest BCUT2D eigenvalue weighted by Crippen LogP contribution is -1.81. The lowest BCUT2D eigenvalue weighted by Gasteiger charge is -1.97. The Morgan fingerprint density at radius 2 is 2.25 bits per heavy atom. The first kappa shape index (κ1) is 9.53. The van der Waals surface area contributed by atoms with E-state index in [1.807, 2.05) is 0 Å². The molecule has 1 aromatic carbocycles. The molecule has 0 spiro atoms. The highest BCUT2D eigenvalue weighted by molar-refractivity contribution is 9.10. The van der Waals surface area contributed by atoms with Crippen LogP contribution in [0.3, 0.4) is 0 Å². The number of halogens is 1. The van der Waals surface area contributed by atoms with Crippen molar-refractivity contribution in [2.75, 3.05) is 0 Å². The van der Waals surface area contributed by atoms with E-state index in [1.165, 1.54) is 10.0 Å². The van der Waals surface area contributed by atoms with Gasteiger partial charge in [0.05, 0.1) is 0 Å². The first-order valence-electron chi connectivity index (χ1n) is 4.18. The summed E-state index contributed by atoms with van der Waals surface area (Å²) in [6.07, 6.45) is 6.55. The zero-order valence-corrected chi connectivity index (χ0v) is 8.84. The van der Waals surface area contributed by atoms with Gasteiger partial charge in [0.1, 0.15) is 0 Å². The van der Waals surface area contributed by atoms with E-state index in [-0.39, 0.29) is 0 Å². The van der Waals surface area contributed by atoms with Crippen LogP contribution in [0.4, 0.5) is 0 Å². The SMILES string of the molecule is C/C=C\CCc1cccc(Br)c1. The summed E-state index contributed by atoms with van der Waals surface area (Å²) in [4.78, 5) is 0. The Labute approximate surface area is 82.4 Å². The minimum Gasteiger partial charge on any atom is -0.0917 e. The summed E-state index contributed by atoms with van der Waals surface area (Å²) in [5.41, 5.74) is 1.39. The number of rotatable bonds is 3. The molecule has 1 rings (SSSR count). The van der Waals surface area contributed by atoms with Crippen molar-refractivity contribution in [1.29, 1.82) is 0 Å². The topological polar surface area (TPSA) is 0 Å². The molecule has 1 heteroatoms. The summed E-state index contributed by atoms with van der Waals surface area (Å²) < 4.78 is 1.17. The number of aryl methyl sites for hydroxylation is 1. The van der Waals surface area contributed by atoms with Gasteiger partial charge in [-0.1, -0.05) is 40.2 Å². The Balaban J connectivity index is 2.52. The Hall–Kier alpha value is -0.560. The van der Waals surface area contributed by atoms with Crippen LogP contribution < -0.4 is 0 Å². The second-order valence-electron chi connectivity index (χ2n) is 2.74. The van der Waals surface area contributed by atoms with Crippen molar-refractivity contribution in [1.82, 2.24) is 0 Å². The number of allylic oxidation sites excluding steroid dienone is 2. The van der Waals surface area contributed by atoms with Crippen molar-refractivity contribution in [3.63, 3.8) is 0 Å². The second-order valence-corrected chi connectivity index (χ2v) is 3.65. The lowest BCUT2D eigenvalue weighted by atomic mass is 10.1. The van der Waals surface area contributed by atoms with Crippen molar-refractivity contribution < 1.29 is 0 Å². The van der Waals surface area contributed by atoms with E-state index in [0.717, 1.165) is 12.8 Å². The summed E-state index contributed by atoms with van der Waals surface area (Å²) in [5.74, 6) is 0. The Bertz CT molecular complexity index is 263. The van der Waals surface area contributed by atoms with Gasteiger partial charge in [-0.05, 0) is 37.5 Å². The van der Waals surface area contributed by atoms with Crippen LogP contribution in [0.5, 0.6) is 0 Å². The smallest absolute Gasteiger partial charge is 0.0177 e. The predicted octanol–water partition coefficient (Wildman–Crippen LogP) is 3.96. The standard InChI is InChI=1S/C11H13Br/c1-2-3-4-6-10-7-5-8-11(12)9-10/h2-3,5,7-9H,4,6H2,1H3/b3-2-. The Morgan fingerprint density at radius 1 is 1.42 bits per heavy atom. The maximum Gasteiger partial charge on any atom is 0.0177 e. The summed E-state index contributed by atoms with van der Waals surface area (Å²) >= 11 is 3.45. The third kappa shape index (κ3) is 3.22. The van der Waals surface area contributed by atoms with Crippen LogP contribution in [0, 0.1) is 0 Å². The summed E-state index contributed by atoms with van der Waals surface area (Å²) in [6.45, 7) is 2.06. The van der Waals surface area contributed by atoms with Crippen molar-refractivity contribution in [2.45, 2.75) is 19.8 Å². The van der Waals surface area contributed by atoms with Gasteiger partial charge in [0.15, 0.2) is 0 Å². The molecule has 0 bridgehead atoms. The van der Waals surface area contributed by atoms with Crippen LogP contribution in [0.25, 0.3) is 0 Å². The fraction of sp³-hybridized carbons (Fsp3) is 0.273. The average molecular weight is 225 g/mol. The molecule has 1 aromatic rings. The molecule has 0 atom stereocenters. The zero-order valence-electron chi connectivity index (χ0n) is 7.26. The Morgan fingerprint density at radius 3 is 2.92 bits per heavy atom. The van der Waals surface area contributed by atoms with Gasteiger partial charge >= 0.3 is 0 Å². The molecular formula is C11H13Br. The molecule has 0 N–H and O–H groups in total. The normalized spacial score (nSPS) is 10.8. The molecule has 0 heterocycles. The number of hydrogen-bond donors (Lipinski definition) is 0. The molecule has 0 saturated carbocycles. The van der Waals surface area contributed by atoms with Crippen LogP contribution in [0.1, 0.15) is 18.9 Å². The summed E-state index contributed by atoms with van der Waals surface area (Å²) in [6, 6.07) is 8.46. The zero-order chi connectivity index (χ0) is 8.81. The van der Waals surface area contributed by atoms with Crippen molar-refractivity contribution in [3.8, 4) is 0 Å². The van der Waals surface area contributed by atoms with Crippen molar-refractivity contribution in [2.24, 2.45) is 0 Å². The van der Waals surface area contributed by atoms with Crippen molar-refractivity contribution in [3.05, 3.63) is 46.5 Å². The largest absolute Gasteiger partial charge is 0.0917 e. The molecule has 0 amide bonds. The molecule has 0 radical (unpaired) electrons. The molecular weight excluding hydrogens is 212 g/mol. The highest BCUT2D eigenvalue weighted by Gasteiger charge is 1.91. The van der Waals surface area contributed by atoms with Gasteiger partial charge in [-0.2, -0.15) is 0 Å². The van der Waals surface area contributed by atoms with E-state index in [1.54, 1.807) is 0 Å². The molecule has 12 heavy (non-hydrogen) atoms. The van der Waals surface area contributed by atoms with Gasteiger partial charge < -0.3 is 0 Å².